The summed E-state index contributed by atoms with van der Waals surface area (Å²) >= 11 is 2.50. The Hall–Kier alpha value is -0.870. The molecule has 2 heteroatoms. The molecule has 1 N–H and O–H groups in total. The summed E-state index contributed by atoms with van der Waals surface area (Å²) in [6.07, 6.45) is 1.30. The van der Waals surface area contributed by atoms with Crippen LogP contribution < -0.4 is 5.32 Å². The van der Waals surface area contributed by atoms with Crippen molar-refractivity contribution in [2.24, 2.45) is 5.92 Å². The van der Waals surface area contributed by atoms with E-state index >= 15 is 0 Å². The van der Waals surface area contributed by atoms with E-state index in [1.807, 2.05) is 0 Å². The van der Waals surface area contributed by atoms with Crippen LogP contribution in [0, 0.1) is 16.4 Å². The highest BCUT2D eigenvalue weighted by molar-refractivity contribution is 14.1. The van der Waals surface area contributed by atoms with E-state index < -0.39 is 0 Å². The molecular weight excluding hydrogens is 369 g/mol. The second-order valence-corrected chi connectivity index (χ2v) is 7.01. The lowest BCUT2D eigenvalue weighted by Gasteiger charge is -2.21. The molecule has 0 heterocycles. The largest absolute Gasteiger partial charge is 0.310 e. The van der Waals surface area contributed by atoms with E-state index in [0.717, 1.165) is 12.5 Å². The van der Waals surface area contributed by atoms with Crippen LogP contribution in [-0.2, 0) is 0 Å². The molecule has 0 aliphatic heterocycles. The minimum atomic E-state index is 0.479. The van der Waals surface area contributed by atoms with Gasteiger partial charge in [-0.25, -0.2) is 0 Å². The monoisotopic (exact) mass is 391 g/mol. The fourth-order valence-corrected chi connectivity index (χ4v) is 3.98. The zero-order valence-electron chi connectivity index (χ0n) is 12.6. The van der Waals surface area contributed by atoms with E-state index in [1.165, 1.54) is 26.7 Å². The summed E-state index contributed by atoms with van der Waals surface area (Å²) in [6.45, 7) is 5.43. The summed E-state index contributed by atoms with van der Waals surface area (Å²) in [5.74, 6) is 1.44. The molecule has 3 unspecified atom stereocenters. The molecule has 0 amide bonds. The Bertz CT molecular complexity index is 608. The van der Waals surface area contributed by atoms with E-state index in [0.29, 0.717) is 12.0 Å². The average Bonchev–Trinajstić information content (AvgIpc) is 3.29. The lowest BCUT2D eigenvalue weighted by atomic mass is 9.97. The minimum Gasteiger partial charge on any atom is -0.310 e. The third kappa shape index (κ3) is 3.16. The van der Waals surface area contributed by atoms with E-state index in [-0.39, 0.29) is 0 Å². The Morgan fingerprint density at radius 1 is 1.14 bits per heavy atom. The van der Waals surface area contributed by atoms with Crippen molar-refractivity contribution < 1.29 is 0 Å². The molecule has 110 valence electrons. The van der Waals surface area contributed by atoms with E-state index in [1.54, 1.807) is 0 Å². The Morgan fingerprint density at radius 3 is 2.62 bits per heavy atom. The topological polar surface area (TPSA) is 12.0 Å². The summed E-state index contributed by atoms with van der Waals surface area (Å²) in [5, 5.41) is 3.72. The van der Waals surface area contributed by atoms with Crippen molar-refractivity contribution in [2.75, 3.05) is 6.54 Å². The molecule has 1 saturated carbocycles. The van der Waals surface area contributed by atoms with Gasteiger partial charge in [0.05, 0.1) is 0 Å². The van der Waals surface area contributed by atoms with Crippen LogP contribution in [0.25, 0.3) is 0 Å². The first kappa shape index (κ1) is 15.0. The molecule has 3 atom stereocenters. The van der Waals surface area contributed by atoms with Gasteiger partial charge in [0.15, 0.2) is 0 Å². The first-order valence-corrected chi connectivity index (χ1v) is 8.83. The molecule has 1 nitrogen and oxygen atoms in total. The molecule has 1 aliphatic carbocycles. The van der Waals surface area contributed by atoms with Crippen LogP contribution >= 0.6 is 22.6 Å². The summed E-state index contributed by atoms with van der Waals surface area (Å²) in [7, 11) is 0. The molecule has 2 aromatic carbocycles. The second kappa shape index (κ2) is 6.49. The number of hydrogen-bond donors (Lipinski definition) is 1. The van der Waals surface area contributed by atoms with Crippen LogP contribution in [0.15, 0.2) is 48.5 Å². The van der Waals surface area contributed by atoms with Gasteiger partial charge in [0.25, 0.3) is 0 Å². The minimum absolute atomic E-state index is 0.479. The quantitative estimate of drug-likeness (QED) is 0.703. The number of hydrogen-bond acceptors (Lipinski definition) is 1. The molecule has 1 aliphatic rings. The zero-order chi connectivity index (χ0) is 14.8. The number of nitrogens with one attached hydrogen (secondary N) is 1. The van der Waals surface area contributed by atoms with Gasteiger partial charge >= 0.3 is 0 Å². The fourth-order valence-electron chi connectivity index (χ4n) is 3.29. The predicted octanol–water partition coefficient (Wildman–Crippen LogP) is 5.05. The van der Waals surface area contributed by atoms with Crippen molar-refractivity contribution in [3.05, 3.63) is 68.8 Å². The molecule has 0 bridgehead atoms. The fraction of sp³-hybridized carbons (Fsp3) is 0.368. The SMILES string of the molecule is CCNC(c1cccc(C)c1I)C1CC1c1ccccc1. The predicted molar refractivity (Wildman–Crippen MR) is 97.6 cm³/mol. The summed E-state index contributed by atoms with van der Waals surface area (Å²) < 4.78 is 1.42. The molecule has 1 fully saturated rings. The zero-order valence-corrected chi connectivity index (χ0v) is 14.8. The van der Waals surface area contributed by atoms with Crippen LogP contribution in [-0.4, -0.2) is 6.54 Å². The Morgan fingerprint density at radius 2 is 1.90 bits per heavy atom. The van der Waals surface area contributed by atoms with Crippen LogP contribution in [0.4, 0.5) is 0 Å². The number of benzene rings is 2. The van der Waals surface area contributed by atoms with Crippen LogP contribution in [0.2, 0.25) is 0 Å². The number of aryl methyl sites for hydroxylation is 1. The van der Waals surface area contributed by atoms with Crippen molar-refractivity contribution in [2.45, 2.75) is 32.2 Å². The number of rotatable bonds is 5. The van der Waals surface area contributed by atoms with Crippen LogP contribution in [0.3, 0.4) is 0 Å². The number of halogens is 1. The van der Waals surface area contributed by atoms with E-state index in [4.69, 9.17) is 0 Å². The standard InChI is InChI=1S/C19H22IN/c1-3-21-19(15-11-7-8-13(2)18(15)20)17-12-16(17)14-9-5-4-6-10-14/h4-11,16-17,19,21H,3,12H2,1-2H3. The van der Waals surface area contributed by atoms with Crippen molar-refractivity contribution in [3.8, 4) is 0 Å². The summed E-state index contributed by atoms with van der Waals surface area (Å²) in [5.41, 5.74) is 4.35. The second-order valence-electron chi connectivity index (χ2n) is 5.93. The van der Waals surface area contributed by atoms with Gasteiger partial charge in [-0.3, -0.25) is 0 Å². The molecule has 21 heavy (non-hydrogen) atoms. The van der Waals surface area contributed by atoms with Gasteiger partial charge in [0, 0.05) is 9.61 Å². The molecule has 3 rings (SSSR count). The maximum Gasteiger partial charge on any atom is 0.0365 e. The van der Waals surface area contributed by atoms with Crippen molar-refractivity contribution in [1.82, 2.24) is 5.32 Å². The average molecular weight is 391 g/mol. The van der Waals surface area contributed by atoms with Crippen molar-refractivity contribution >= 4 is 22.6 Å². The van der Waals surface area contributed by atoms with Gasteiger partial charge < -0.3 is 5.32 Å². The van der Waals surface area contributed by atoms with Gasteiger partial charge in [-0.05, 0) is 71.0 Å². The summed E-state index contributed by atoms with van der Waals surface area (Å²) in [6, 6.07) is 18.1. The van der Waals surface area contributed by atoms with E-state index in [9.17, 15) is 0 Å². The first-order chi connectivity index (χ1) is 10.2. The third-order valence-corrected chi connectivity index (χ3v) is 5.95. The van der Waals surface area contributed by atoms with Crippen LogP contribution in [0.1, 0.15) is 42.0 Å². The molecule has 2 aromatic rings. The van der Waals surface area contributed by atoms with E-state index in [2.05, 4.69) is 90.3 Å². The highest BCUT2D eigenvalue weighted by atomic mass is 127. The van der Waals surface area contributed by atoms with Gasteiger partial charge in [-0.2, -0.15) is 0 Å². The molecular formula is C19H22IN. The summed E-state index contributed by atoms with van der Waals surface area (Å²) in [4.78, 5) is 0. The highest BCUT2D eigenvalue weighted by Gasteiger charge is 2.44. The van der Waals surface area contributed by atoms with Crippen LogP contribution in [0.5, 0.6) is 0 Å². The van der Waals surface area contributed by atoms with Gasteiger partial charge in [-0.1, -0.05) is 55.5 Å². The molecule has 0 aromatic heterocycles. The van der Waals surface area contributed by atoms with Crippen molar-refractivity contribution in [1.29, 1.82) is 0 Å². The molecule has 0 spiro atoms. The lowest BCUT2D eigenvalue weighted by Crippen LogP contribution is -2.24. The molecule has 0 saturated heterocycles. The smallest absolute Gasteiger partial charge is 0.0365 e. The Kier molecular flexibility index (Phi) is 4.65. The van der Waals surface area contributed by atoms with Gasteiger partial charge in [-0.15, -0.1) is 0 Å². The lowest BCUT2D eigenvalue weighted by molar-refractivity contribution is 0.485. The Balaban J connectivity index is 1.85. The highest BCUT2D eigenvalue weighted by Crippen LogP contribution is 2.54. The van der Waals surface area contributed by atoms with Crippen molar-refractivity contribution in [3.63, 3.8) is 0 Å². The van der Waals surface area contributed by atoms with Gasteiger partial charge in [0.1, 0.15) is 0 Å². The third-order valence-electron chi connectivity index (χ3n) is 4.48. The maximum absolute atomic E-state index is 3.72. The molecule has 0 radical (unpaired) electrons. The van der Waals surface area contributed by atoms with Gasteiger partial charge in [0.2, 0.25) is 0 Å². The maximum atomic E-state index is 3.72. The Labute approximate surface area is 141 Å². The first-order valence-electron chi connectivity index (χ1n) is 7.75. The normalized spacial score (nSPS) is 22.0.